The quantitative estimate of drug-likeness (QED) is 0.525. The molecule has 0 aromatic heterocycles. The Morgan fingerprint density at radius 1 is 0.909 bits per heavy atom. The lowest BCUT2D eigenvalue weighted by Gasteiger charge is -2.23. The van der Waals surface area contributed by atoms with Crippen LogP contribution < -0.4 is 0 Å². The van der Waals surface area contributed by atoms with Crippen LogP contribution in [-0.4, -0.2) is 0 Å². The van der Waals surface area contributed by atoms with Crippen molar-refractivity contribution in [3.63, 3.8) is 0 Å². The van der Waals surface area contributed by atoms with E-state index in [9.17, 15) is 0 Å². The molecule has 2 aromatic carbocycles. The lowest BCUT2D eigenvalue weighted by atomic mass is 9.81. The Labute approximate surface area is 136 Å². The zero-order chi connectivity index (χ0) is 16.1. The van der Waals surface area contributed by atoms with Gasteiger partial charge in [-0.1, -0.05) is 64.1 Å². The van der Waals surface area contributed by atoms with Gasteiger partial charge in [-0.2, -0.15) is 0 Å². The zero-order valence-corrected chi connectivity index (χ0v) is 14.9. The van der Waals surface area contributed by atoms with Crippen molar-refractivity contribution in [2.24, 2.45) is 0 Å². The van der Waals surface area contributed by atoms with Crippen LogP contribution in [0.1, 0.15) is 76.5 Å². The summed E-state index contributed by atoms with van der Waals surface area (Å²) in [7, 11) is 0. The van der Waals surface area contributed by atoms with Gasteiger partial charge >= 0.3 is 0 Å². The summed E-state index contributed by atoms with van der Waals surface area (Å²) in [5.41, 5.74) is 6.32. The predicted octanol–water partition coefficient (Wildman–Crippen LogP) is 7.12. The van der Waals surface area contributed by atoms with Crippen LogP contribution in [0, 0.1) is 0 Å². The molecule has 0 bridgehead atoms. The fourth-order valence-electron chi connectivity index (χ4n) is 3.44. The molecule has 2 aliphatic carbocycles. The van der Waals surface area contributed by atoms with Crippen molar-refractivity contribution in [2.45, 2.75) is 66.2 Å². The highest BCUT2D eigenvalue weighted by Gasteiger charge is 2.29. The van der Waals surface area contributed by atoms with Crippen molar-refractivity contribution in [3.05, 3.63) is 53.1 Å². The lowest BCUT2D eigenvalue weighted by molar-refractivity contribution is 0.994. The Kier molecular flexibility index (Phi) is 5.83. The molecule has 0 radical (unpaired) electrons. The minimum Gasteiger partial charge on any atom is -0.0838 e. The number of aryl methyl sites for hydroxylation is 1. The van der Waals surface area contributed by atoms with E-state index in [2.05, 4.69) is 43.3 Å². The molecule has 2 aliphatic rings. The molecule has 118 valence electrons. The summed E-state index contributed by atoms with van der Waals surface area (Å²) in [6.45, 7) is 10.2. The second-order valence-corrected chi connectivity index (χ2v) is 5.63. The maximum atomic E-state index is 2.38. The summed E-state index contributed by atoms with van der Waals surface area (Å²) in [6.07, 6.45) is 7.52. The number of allylic oxidation sites excluding steroid dienone is 2. The highest BCUT2D eigenvalue weighted by Crippen LogP contribution is 2.47. The third kappa shape index (κ3) is 2.97. The molecule has 1 saturated carbocycles. The van der Waals surface area contributed by atoms with E-state index in [0.717, 1.165) is 5.92 Å². The Morgan fingerprint density at radius 2 is 1.64 bits per heavy atom. The third-order valence-electron chi connectivity index (χ3n) is 4.51. The van der Waals surface area contributed by atoms with Crippen LogP contribution in [0.3, 0.4) is 0 Å². The third-order valence-corrected chi connectivity index (χ3v) is 4.51. The molecule has 0 spiro atoms. The van der Waals surface area contributed by atoms with Crippen molar-refractivity contribution in [2.75, 3.05) is 0 Å². The number of hydrogen-bond donors (Lipinski definition) is 0. The first-order chi connectivity index (χ1) is 10.9. The first-order valence-corrected chi connectivity index (χ1v) is 9.08. The Bertz CT molecular complexity index is 657. The highest BCUT2D eigenvalue weighted by molar-refractivity contribution is 5.99. The Hall–Kier alpha value is -1.56. The van der Waals surface area contributed by atoms with Gasteiger partial charge in [0.05, 0.1) is 0 Å². The minimum atomic E-state index is 0.838. The average molecular weight is 294 g/mol. The monoisotopic (exact) mass is 294 g/mol. The fraction of sp³-hybridized carbons (Fsp3) is 0.455. The van der Waals surface area contributed by atoms with Crippen molar-refractivity contribution in [1.82, 2.24) is 0 Å². The molecule has 1 fully saturated rings. The van der Waals surface area contributed by atoms with Gasteiger partial charge in [-0.3, -0.25) is 0 Å². The summed E-state index contributed by atoms with van der Waals surface area (Å²) in [5.74, 6) is 0.838. The molecule has 0 saturated heterocycles. The summed E-state index contributed by atoms with van der Waals surface area (Å²) >= 11 is 0. The molecule has 0 aliphatic heterocycles. The van der Waals surface area contributed by atoms with Crippen molar-refractivity contribution < 1.29 is 0 Å². The first kappa shape index (κ1) is 16.8. The van der Waals surface area contributed by atoms with Gasteiger partial charge in [-0.05, 0) is 71.6 Å². The lowest BCUT2D eigenvalue weighted by Crippen LogP contribution is -2.03. The van der Waals surface area contributed by atoms with E-state index < -0.39 is 0 Å². The first-order valence-electron chi connectivity index (χ1n) is 9.08. The van der Waals surface area contributed by atoms with E-state index in [4.69, 9.17) is 0 Å². The number of hydrogen-bond acceptors (Lipinski definition) is 0. The molecule has 0 N–H and O–H groups in total. The zero-order valence-electron chi connectivity index (χ0n) is 14.9. The second kappa shape index (κ2) is 7.63. The second-order valence-electron chi connectivity index (χ2n) is 5.63. The van der Waals surface area contributed by atoms with E-state index in [-0.39, 0.29) is 0 Å². The highest BCUT2D eigenvalue weighted by atomic mass is 14.3. The normalized spacial score (nSPS) is 17.4. The molecule has 0 unspecified atom stereocenters. The predicted molar refractivity (Wildman–Crippen MR) is 101 cm³/mol. The number of rotatable bonds is 1. The molecular weight excluding hydrogens is 264 g/mol. The maximum absolute atomic E-state index is 2.38. The molecule has 22 heavy (non-hydrogen) atoms. The summed E-state index contributed by atoms with van der Waals surface area (Å²) < 4.78 is 0. The SMILES string of the molecule is C/C=C1/CCc2cccc3ccc(C4CC4)c1c23.CC.CC. The molecular formula is C22H30. The van der Waals surface area contributed by atoms with Crippen LogP contribution in [0.2, 0.25) is 0 Å². The van der Waals surface area contributed by atoms with Crippen LogP contribution in [0.4, 0.5) is 0 Å². The van der Waals surface area contributed by atoms with Crippen molar-refractivity contribution >= 4 is 16.3 Å². The minimum absolute atomic E-state index is 0.838. The van der Waals surface area contributed by atoms with Gasteiger partial charge in [0, 0.05) is 0 Å². The molecule has 0 amide bonds. The summed E-state index contributed by atoms with van der Waals surface area (Å²) in [5, 5.41) is 2.97. The van der Waals surface area contributed by atoms with Gasteiger partial charge in [0.25, 0.3) is 0 Å². The molecule has 0 nitrogen and oxygen atoms in total. The van der Waals surface area contributed by atoms with E-state index in [1.165, 1.54) is 31.1 Å². The van der Waals surface area contributed by atoms with E-state index >= 15 is 0 Å². The van der Waals surface area contributed by atoms with E-state index in [1.54, 1.807) is 27.6 Å². The van der Waals surface area contributed by atoms with Crippen LogP contribution >= 0.6 is 0 Å². The van der Waals surface area contributed by atoms with E-state index in [1.807, 2.05) is 27.7 Å². The molecule has 0 atom stereocenters. The molecule has 0 heterocycles. The average Bonchev–Trinajstić information content (AvgIpc) is 3.44. The Morgan fingerprint density at radius 3 is 2.27 bits per heavy atom. The summed E-state index contributed by atoms with van der Waals surface area (Å²) in [6, 6.07) is 11.5. The number of benzene rings is 2. The van der Waals surface area contributed by atoms with Crippen molar-refractivity contribution in [3.8, 4) is 0 Å². The summed E-state index contributed by atoms with van der Waals surface area (Å²) in [4.78, 5) is 0. The van der Waals surface area contributed by atoms with Gasteiger partial charge in [-0.15, -0.1) is 0 Å². The van der Waals surface area contributed by atoms with Gasteiger partial charge in [0.2, 0.25) is 0 Å². The van der Waals surface area contributed by atoms with Crippen LogP contribution in [0.5, 0.6) is 0 Å². The van der Waals surface area contributed by atoms with Crippen LogP contribution in [-0.2, 0) is 6.42 Å². The standard InChI is InChI=1S/C18H18.2C2H6/c1-2-12-6-9-14-4-3-5-15-10-11-16(13-7-8-13)18(12)17(14)15;2*1-2/h2-5,10-11,13H,6-9H2,1H3;2*1-2H3/b12-2-;;. The van der Waals surface area contributed by atoms with Crippen LogP contribution in [0.25, 0.3) is 16.3 Å². The topological polar surface area (TPSA) is 0 Å². The smallest absolute Gasteiger partial charge is 0.00737 e. The molecule has 4 rings (SSSR count). The largest absolute Gasteiger partial charge is 0.0838 e. The van der Waals surface area contributed by atoms with Gasteiger partial charge in [0.1, 0.15) is 0 Å². The van der Waals surface area contributed by atoms with Gasteiger partial charge < -0.3 is 0 Å². The molecule has 2 aromatic rings. The van der Waals surface area contributed by atoms with Gasteiger partial charge in [0.15, 0.2) is 0 Å². The van der Waals surface area contributed by atoms with Crippen LogP contribution in [0.15, 0.2) is 36.4 Å². The maximum Gasteiger partial charge on any atom is -0.00737 e. The molecule has 0 heteroatoms. The Balaban J connectivity index is 0.000000410. The van der Waals surface area contributed by atoms with Crippen molar-refractivity contribution in [1.29, 1.82) is 0 Å². The van der Waals surface area contributed by atoms with Gasteiger partial charge in [-0.25, -0.2) is 0 Å². The fourth-order valence-corrected chi connectivity index (χ4v) is 3.44. The van der Waals surface area contributed by atoms with E-state index in [0.29, 0.717) is 0 Å².